The van der Waals surface area contributed by atoms with Gasteiger partial charge < -0.3 is 18.9 Å². The number of hydrogen-bond donors (Lipinski definition) is 0. The SMILES string of the molecule is COc1ccc(OC)c(C2CCCN2C(=O)CSc2nnc(C3CC3)n2C)c1. The lowest BCUT2D eigenvalue weighted by Gasteiger charge is -2.26. The van der Waals surface area contributed by atoms with E-state index < -0.39 is 0 Å². The number of carbonyl (C=O) groups excluding carboxylic acids is 1. The minimum Gasteiger partial charge on any atom is -0.497 e. The molecule has 0 spiro atoms. The summed E-state index contributed by atoms with van der Waals surface area (Å²) >= 11 is 1.47. The molecule has 1 aromatic carbocycles. The summed E-state index contributed by atoms with van der Waals surface area (Å²) in [7, 11) is 5.30. The second-order valence-corrected chi connectivity index (χ2v) is 8.26. The molecule has 1 amide bonds. The first-order chi connectivity index (χ1) is 13.6. The molecule has 1 aliphatic heterocycles. The van der Waals surface area contributed by atoms with Crippen LogP contribution in [-0.4, -0.2) is 52.1 Å². The van der Waals surface area contributed by atoms with Crippen LogP contribution in [0.2, 0.25) is 0 Å². The molecule has 4 rings (SSSR count). The van der Waals surface area contributed by atoms with Gasteiger partial charge in [0.05, 0.1) is 26.0 Å². The first-order valence-corrected chi connectivity index (χ1v) is 10.6. The third-order valence-corrected chi connectivity index (χ3v) is 6.51. The summed E-state index contributed by atoms with van der Waals surface area (Å²) in [5, 5.41) is 9.38. The van der Waals surface area contributed by atoms with Gasteiger partial charge in [-0.25, -0.2) is 0 Å². The van der Waals surface area contributed by atoms with Gasteiger partial charge in [-0.15, -0.1) is 10.2 Å². The molecular formula is C20H26N4O3S. The summed E-state index contributed by atoms with van der Waals surface area (Å²) in [6.07, 6.45) is 4.29. The maximum Gasteiger partial charge on any atom is 0.233 e. The van der Waals surface area contributed by atoms with Gasteiger partial charge in [-0.2, -0.15) is 0 Å². The minimum atomic E-state index is 0.0136. The first-order valence-electron chi connectivity index (χ1n) is 9.66. The third kappa shape index (κ3) is 3.70. The summed E-state index contributed by atoms with van der Waals surface area (Å²) in [4.78, 5) is 15.0. The second-order valence-electron chi connectivity index (χ2n) is 7.32. The predicted molar refractivity (Wildman–Crippen MR) is 107 cm³/mol. The van der Waals surface area contributed by atoms with Gasteiger partial charge in [0.2, 0.25) is 5.91 Å². The Morgan fingerprint density at radius 3 is 2.75 bits per heavy atom. The van der Waals surface area contributed by atoms with Gasteiger partial charge in [-0.05, 0) is 43.9 Å². The van der Waals surface area contributed by atoms with Crippen molar-refractivity contribution >= 4 is 17.7 Å². The smallest absolute Gasteiger partial charge is 0.233 e. The lowest BCUT2D eigenvalue weighted by atomic mass is 10.0. The van der Waals surface area contributed by atoms with Crippen molar-refractivity contribution in [2.45, 2.75) is 42.8 Å². The Bertz CT molecular complexity index is 865. The lowest BCUT2D eigenvalue weighted by Crippen LogP contribution is -2.32. The topological polar surface area (TPSA) is 69.5 Å². The number of amides is 1. The van der Waals surface area contributed by atoms with Crippen LogP contribution in [-0.2, 0) is 11.8 Å². The molecule has 1 unspecified atom stereocenters. The van der Waals surface area contributed by atoms with E-state index in [-0.39, 0.29) is 11.9 Å². The maximum atomic E-state index is 13.0. The largest absolute Gasteiger partial charge is 0.497 e. The molecule has 0 N–H and O–H groups in total. The number of hydrogen-bond acceptors (Lipinski definition) is 6. The normalized spacial score (nSPS) is 19.1. The third-order valence-electron chi connectivity index (χ3n) is 5.50. The van der Waals surface area contributed by atoms with Crippen LogP contribution in [0, 0.1) is 0 Å². The zero-order valence-corrected chi connectivity index (χ0v) is 17.4. The molecule has 1 saturated heterocycles. The van der Waals surface area contributed by atoms with Crippen LogP contribution in [0.5, 0.6) is 11.5 Å². The average molecular weight is 403 g/mol. The Kier molecular flexibility index (Phi) is 5.48. The van der Waals surface area contributed by atoms with Crippen molar-refractivity contribution in [3.8, 4) is 11.5 Å². The summed E-state index contributed by atoms with van der Waals surface area (Å²) in [5.74, 6) is 3.63. The van der Waals surface area contributed by atoms with Crippen LogP contribution >= 0.6 is 11.8 Å². The van der Waals surface area contributed by atoms with Crippen molar-refractivity contribution < 1.29 is 14.3 Å². The molecule has 1 atom stereocenters. The molecule has 8 heteroatoms. The molecule has 28 heavy (non-hydrogen) atoms. The number of ether oxygens (including phenoxy) is 2. The van der Waals surface area contributed by atoms with Crippen molar-refractivity contribution in [3.63, 3.8) is 0 Å². The second kappa shape index (κ2) is 8.03. The number of methoxy groups -OCH3 is 2. The highest BCUT2D eigenvalue weighted by Gasteiger charge is 2.33. The molecule has 7 nitrogen and oxygen atoms in total. The number of aromatic nitrogens is 3. The summed E-state index contributed by atoms with van der Waals surface area (Å²) in [6, 6.07) is 5.78. The van der Waals surface area contributed by atoms with Crippen LogP contribution in [0.3, 0.4) is 0 Å². The highest BCUT2D eigenvalue weighted by molar-refractivity contribution is 7.99. The Balaban J connectivity index is 1.46. The number of carbonyl (C=O) groups is 1. The Hall–Kier alpha value is -2.22. The van der Waals surface area contributed by atoms with Crippen molar-refractivity contribution in [1.82, 2.24) is 19.7 Å². The molecule has 150 valence electrons. The van der Waals surface area contributed by atoms with E-state index in [1.807, 2.05) is 34.7 Å². The first kappa shape index (κ1) is 19.1. The zero-order chi connectivity index (χ0) is 19.7. The molecule has 2 fully saturated rings. The van der Waals surface area contributed by atoms with E-state index in [1.54, 1.807) is 14.2 Å². The Labute approximate surface area is 169 Å². The van der Waals surface area contributed by atoms with E-state index in [0.717, 1.165) is 47.4 Å². The summed E-state index contributed by atoms with van der Waals surface area (Å²) in [6.45, 7) is 0.760. The molecular weight excluding hydrogens is 376 g/mol. The van der Waals surface area contributed by atoms with Crippen LogP contribution in [0.25, 0.3) is 0 Å². The van der Waals surface area contributed by atoms with Crippen LogP contribution in [0.15, 0.2) is 23.4 Å². The monoisotopic (exact) mass is 402 g/mol. The van der Waals surface area contributed by atoms with Gasteiger partial charge in [0.1, 0.15) is 17.3 Å². The number of thioether (sulfide) groups is 1. The lowest BCUT2D eigenvalue weighted by molar-refractivity contribution is -0.129. The fourth-order valence-corrected chi connectivity index (χ4v) is 4.65. The zero-order valence-electron chi connectivity index (χ0n) is 16.6. The van der Waals surface area contributed by atoms with Gasteiger partial charge in [0.25, 0.3) is 0 Å². The summed E-state index contributed by atoms with van der Waals surface area (Å²) in [5.41, 5.74) is 1.01. The van der Waals surface area contributed by atoms with Crippen molar-refractivity contribution in [3.05, 3.63) is 29.6 Å². The fourth-order valence-electron chi connectivity index (χ4n) is 3.85. The molecule has 2 aliphatic rings. The van der Waals surface area contributed by atoms with E-state index in [2.05, 4.69) is 10.2 Å². The molecule has 0 bridgehead atoms. The molecule has 1 saturated carbocycles. The Morgan fingerprint density at radius 2 is 2.04 bits per heavy atom. The molecule has 2 aromatic rings. The van der Waals surface area contributed by atoms with E-state index in [9.17, 15) is 4.79 Å². The van der Waals surface area contributed by atoms with Crippen LogP contribution < -0.4 is 9.47 Å². The molecule has 2 heterocycles. The van der Waals surface area contributed by atoms with E-state index >= 15 is 0 Å². The standard InChI is InChI=1S/C20H26N4O3S/c1-23-19(13-6-7-13)21-22-20(23)28-12-18(25)24-10-4-5-16(24)15-11-14(26-2)8-9-17(15)27-3/h8-9,11,13,16H,4-7,10,12H2,1-3H3. The number of nitrogens with zero attached hydrogens (tertiary/aromatic N) is 4. The average Bonchev–Trinajstić information content (AvgIpc) is 3.32. The highest BCUT2D eigenvalue weighted by atomic mass is 32.2. The number of benzene rings is 1. The molecule has 1 aromatic heterocycles. The van der Waals surface area contributed by atoms with Crippen LogP contribution in [0.4, 0.5) is 0 Å². The quantitative estimate of drug-likeness (QED) is 0.663. The van der Waals surface area contributed by atoms with Crippen molar-refractivity contribution in [1.29, 1.82) is 0 Å². The van der Waals surface area contributed by atoms with Crippen molar-refractivity contribution in [2.24, 2.45) is 7.05 Å². The maximum absolute atomic E-state index is 13.0. The van der Waals surface area contributed by atoms with Crippen molar-refractivity contribution in [2.75, 3.05) is 26.5 Å². The highest BCUT2D eigenvalue weighted by Crippen LogP contribution is 2.41. The van der Waals surface area contributed by atoms with Gasteiger partial charge in [0, 0.05) is 25.1 Å². The van der Waals surface area contributed by atoms with E-state index in [1.165, 1.54) is 24.6 Å². The van der Waals surface area contributed by atoms with Gasteiger partial charge in [0.15, 0.2) is 5.16 Å². The number of likely N-dealkylation sites (tertiary alicyclic amines) is 1. The molecule has 1 aliphatic carbocycles. The van der Waals surface area contributed by atoms with Crippen LogP contribution in [0.1, 0.15) is 49.0 Å². The fraction of sp³-hybridized carbons (Fsp3) is 0.550. The Morgan fingerprint density at radius 1 is 1.21 bits per heavy atom. The van der Waals surface area contributed by atoms with E-state index in [0.29, 0.717) is 11.7 Å². The number of rotatable bonds is 7. The minimum absolute atomic E-state index is 0.0136. The molecule has 0 radical (unpaired) electrons. The van der Waals surface area contributed by atoms with E-state index in [4.69, 9.17) is 9.47 Å². The predicted octanol–water partition coefficient (Wildman–Crippen LogP) is 3.17. The summed E-state index contributed by atoms with van der Waals surface area (Å²) < 4.78 is 12.9. The van der Waals surface area contributed by atoms with Gasteiger partial charge in [-0.1, -0.05) is 11.8 Å². The van der Waals surface area contributed by atoms with Gasteiger partial charge in [-0.3, -0.25) is 4.79 Å². The van der Waals surface area contributed by atoms with Gasteiger partial charge >= 0.3 is 0 Å².